The molecule has 1 aliphatic rings. The maximum absolute atomic E-state index is 13.0. The third-order valence-electron chi connectivity index (χ3n) is 5.33. The van der Waals surface area contributed by atoms with Crippen LogP contribution in [-0.4, -0.2) is 38.9 Å². The number of hydrogen-bond donors (Lipinski definition) is 0. The van der Waals surface area contributed by atoms with Crippen LogP contribution in [0.4, 0.5) is 0 Å². The summed E-state index contributed by atoms with van der Waals surface area (Å²) in [5, 5.41) is 8.92. The number of amides is 1. The largest absolute Gasteiger partial charge is 0.337 e. The Balaban J connectivity index is 1.46. The third kappa shape index (κ3) is 4.09. The van der Waals surface area contributed by atoms with Crippen molar-refractivity contribution in [1.29, 1.82) is 0 Å². The van der Waals surface area contributed by atoms with Gasteiger partial charge in [0.1, 0.15) is 0 Å². The number of aromatic nitrogens is 3. The number of piperidine rings is 1. The number of nitrogens with zero attached hydrogens (tertiary/aromatic N) is 4. The summed E-state index contributed by atoms with van der Waals surface area (Å²) in [6.07, 6.45) is 3.83. The van der Waals surface area contributed by atoms with Gasteiger partial charge < -0.3 is 4.90 Å². The number of aryl methyl sites for hydroxylation is 1. The number of likely N-dealkylation sites (tertiary alicyclic amines) is 1. The molecule has 144 valence electrons. The van der Waals surface area contributed by atoms with Crippen LogP contribution in [-0.2, 0) is 6.54 Å². The zero-order valence-corrected chi connectivity index (χ0v) is 16.6. The van der Waals surface area contributed by atoms with Crippen LogP contribution in [0.5, 0.6) is 0 Å². The van der Waals surface area contributed by atoms with Gasteiger partial charge in [0, 0.05) is 24.0 Å². The lowest BCUT2D eigenvalue weighted by molar-refractivity contribution is 0.0700. The predicted molar refractivity (Wildman–Crippen MR) is 110 cm³/mol. The van der Waals surface area contributed by atoms with Gasteiger partial charge in [-0.25, -0.2) is 4.68 Å². The van der Waals surface area contributed by atoms with E-state index >= 15 is 0 Å². The van der Waals surface area contributed by atoms with Gasteiger partial charge in [-0.05, 0) is 48.6 Å². The lowest BCUT2D eigenvalue weighted by Gasteiger charge is -2.33. The SMILES string of the molecule is Cc1ccccc1[C@@H]1CCCN(C(=O)c2cn(Cc3cccc(Cl)c3)nn2)C1. The third-order valence-corrected chi connectivity index (χ3v) is 5.56. The summed E-state index contributed by atoms with van der Waals surface area (Å²) in [7, 11) is 0. The first kappa shape index (κ1) is 18.7. The van der Waals surface area contributed by atoms with Crippen molar-refractivity contribution in [2.24, 2.45) is 0 Å². The van der Waals surface area contributed by atoms with Crippen molar-refractivity contribution in [3.8, 4) is 0 Å². The number of rotatable bonds is 4. The zero-order chi connectivity index (χ0) is 19.5. The van der Waals surface area contributed by atoms with E-state index in [0.717, 1.165) is 31.5 Å². The average Bonchev–Trinajstić information content (AvgIpc) is 3.16. The van der Waals surface area contributed by atoms with Gasteiger partial charge in [-0.2, -0.15) is 0 Å². The van der Waals surface area contributed by atoms with E-state index in [9.17, 15) is 4.79 Å². The van der Waals surface area contributed by atoms with E-state index in [2.05, 4.69) is 41.5 Å². The quantitative estimate of drug-likeness (QED) is 0.662. The molecule has 1 aromatic heterocycles. The van der Waals surface area contributed by atoms with E-state index in [0.29, 0.717) is 23.2 Å². The molecule has 0 aliphatic carbocycles. The lowest BCUT2D eigenvalue weighted by Crippen LogP contribution is -2.39. The summed E-state index contributed by atoms with van der Waals surface area (Å²) in [6, 6.07) is 16.1. The van der Waals surface area contributed by atoms with E-state index in [1.54, 1.807) is 10.9 Å². The first-order chi connectivity index (χ1) is 13.6. The second-order valence-electron chi connectivity index (χ2n) is 7.38. The number of carbonyl (C=O) groups is 1. The molecule has 2 heterocycles. The number of benzene rings is 2. The Morgan fingerprint density at radius 2 is 2.07 bits per heavy atom. The molecule has 5 nitrogen and oxygen atoms in total. The second-order valence-corrected chi connectivity index (χ2v) is 7.81. The molecule has 1 atom stereocenters. The molecule has 0 radical (unpaired) electrons. The monoisotopic (exact) mass is 394 g/mol. The summed E-state index contributed by atoms with van der Waals surface area (Å²) < 4.78 is 1.68. The van der Waals surface area contributed by atoms with E-state index in [4.69, 9.17) is 11.6 Å². The highest BCUT2D eigenvalue weighted by atomic mass is 35.5. The van der Waals surface area contributed by atoms with Crippen LogP contribution in [0.15, 0.2) is 54.7 Å². The fourth-order valence-corrected chi connectivity index (χ4v) is 4.13. The standard InChI is InChI=1S/C22H23ClN4O/c1-16-6-2-3-10-20(16)18-8-5-11-26(14-18)22(28)21-15-27(25-24-21)13-17-7-4-9-19(23)12-17/h2-4,6-7,9-10,12,15,18H,5,8,11,13-14H2,1H3/t18-/m1/s1. The first-order valence-electron chi connectivity index (χ1n) is 9.59. The van der Waals surface area contributed by atoms with Gasteiger partial charge in [-0.3, -0.25) is 4.79 Å². The molecule has 0 unspecified atom stereocenters. The van der Waals surface area contributed by atoms with Gasteiger partial charge in [0.2, 0.25) is 0 Å². The maximum atomic E-state index is 13.0. The minimum atomic E-state index is -0.0457. The Morgan fingerprint density at radius 1 is 1.21 bits per heavy atom. The number of carbonyl (C=O) groups excluding carboxylic acids is 1. The molecular weight excluding hydrogens is 372 g/mol. The van der Waals surface area contributed by atoms with Crippen LogP contribution in [0, 0.1) is 6.92 Å². The number of hydrogen-bond acceptors (Lipinski definition) is 3. The molecule has 2 aromatic carbocycles. The predicted octanol–water partition coefficient (Wildman–Crippen LogP) is 4.31. The molecule has 1 fully saturated rings. The molecule has 3 aromatic rings. The van der Waals surface area contributed by atoms with Crippen molar-refractivity contribution < 1.29 is 4.79 Å². The molecule has 1 amide bonds. The molecule has 0 saturated carbocycles. The zero-order valence-electron chi connectivity index (χ0n) is 15.9. The van der Waals surface area contributed by atoms with E-state index in [1.165, 1.54) is 11.1 Å². The molecule has 0 spiro atoms. The molecule has 0 N–H and O–H groups in total. The molecule has 0 bridgehead atoms. The van der Waals surface area contributed by atoms with Gasteiger partial charge in [0.15, 0.2) is 5.69 Å². The van der Waals surface area contributed by atoms with Crippen LogP contribution in [0.1, 0.15) is 45.9 Å². The topological polar surface area (TPSA) is 51.0 Å². The maximum Gasteiger partial charge on any atom is 0.276 e. The van der Waals surface area contributed by atoms with Gasteiger partial charge in [0.25, 0.3) is 5.91 Å². The Kier molecular flexibility index (Phi) is 5.44. The van der Waals surface area contributed by atoms with E-state index < -0.39 is 0 Å². The Hall–Kier alpha value is -2.66. The van der Waals surface area contributed by atoms with Gasteiger partial charge in [-0.15, -0.1) is 5.10 Å². The summed E-state index contributed by atoms with van der Waals surface area (Å²) in [5.41, 5.74) is 4.04. The summed E-state index contributed by atoms with van der Waals surface area (Å²) >= 11 is 6.04. The molecule has 6 heteroatoms. The fourth-order valence-electron chi connectivity index (χ4n) is 3.92. The summed E-state index contributed by atoms with van der Waals surface area (Å²) in [5.74, 6) is 0.330. The van der Waals surface area contributed by atoms with Crippen LogP contribution in [0.2, 0.25) is 5.02 Å². The van der Waals surface area contributed by atoms with Crippen LogP contribution in [0.25, 0.3) is 0 Å². The van der Waals surface area contributed by atoms with Crippen LogP contribution in [0.3, 0.4) is 0 Å². The highest BCUT2D eigenvalue weighted by molar-refractivity contribution is 6.30. The van der Waals surface area contributed by atoms with Gasteiger partial charge in [-0.1, -0.05) is 53.2 Å². The Bertz CT molecular complexity index is 984. The highest BCUT2D eigenvalue weighted by Gasteiger charge is 2.27. The van der Waals surface area contributed by atoms with Crippen molar-refractivity contribution in [3.63, 3.8) is 0 Å². The van der Waals surface area contributed by atoms with E-state index in [-0.39, 0.29) is 5.91 Å². The minimum Gasteiger partial charge on any atom is -0.337 e. The smallest absolute Gasteiger partial charge is 0.276 e. The second kappa shape index (κ2) is 8.15. The fraction of sp³-hybridized carbons (Fsp3) is 0.318. The lowest BCUT2D eigenvalue weighted by atomic mass is 9.88. The average molecular weight is 395 g/mol. The van der Waals surface area contributed by atoms with Crippen molar-refractivity contribution in [2.45, 2.75) is 32.2 Å². The van der Waals surface area contributed by atoms with Crippen LogP contribution < -0.4 is 0 Å². The molecular formula is C22H23ClN4O. The molecule has 1 saturated heterocycles. The molecule has 28 heavy (non-hydrogen) atoms. The molecule has 4 rings (SSSR count). The van der Waals surface area contributed by atoms with Crippen LogP contribution >= 0.6 is 11.6 Å². The Labute approximate surface area is 169 Å². The van der Waals surface area contributed by atoms with Gasteiger partial charge >= 0.3 is 0 Å². The van der Waals surface area contributed by atoms with E-state index in [1.807, 2.05) is 29.2 Å². The number of halogens is 1. The van der Waals surface area contributed by atoms with Gasteiger partial charge in [0.05, 0.1) is 12.7 Å². The van der Waals surface area contributed by atoms with Crippen molar-refractivity contribution >= 4 is 17.5 Å². The van der Waals surface area contributed by atoms with Crippen molar-refractivity contribution in [2.75, 3.05) is 13.1 Å². The normalized spacial score (nSPS) is 16.9. The van der Waals surface area contributed by atoms with Crippen molar-refractivity contribution in [1.82, 2.24) is 19.9 Å². The first-order valence-corrected chi connectivity index (χ1v) is 9.97. The highest BCUT2D eigenvalue weighted by Crippen LogP contribution is 2.29. The minimum absolute atomic E-state index is 0.0457. The summed E-state index contributed by atoms with van der Waals surface area (Å²) in [4.78, 5) is 14.9. The van der Waals surface area contributed by atoms with Crippen molar-refractivity contribution in [3.05, 3.63) is 82.1 Å². The summed E-state index contributed by atoms with van der Waals surface area (Å²) in [6.45, 7) is 4.16. The Morgan fingerprint density at radius 3 is 2.89 bits per heavy atom. The molecule has 1 aliphatic heterocycles.